The topological polar surface area (TPSA) is 106 Å². The van der Waals surface area contributed by atoms with E-state index >= 15 is 0 Å². The van der Waals surface area contributed by atoms with Crippen LogP contribution in [0.2, 0.25) is 0 Å². The minimum Gasteiger partial charge on any atom is -0.493 e. The largest absolute Gasteiger partial charge is 0.493 e. The fraction of sp³-hybridized carbons (Fsp3) is 0.280. The molecule has 174 valence electrons. The zero-order valence-corrected chi connectivity index (χ0v) is 19.2. The third-order valence-corrected chi connectivity index (χ3v) is 6.20. The molecule has 1 N–H and O–H groups in total. The van der Waals surface area contributed by atoms with E-state index < -0.39 is 0 Å². The van der Waals surface area contributed by atoms with Crippen molar-refractivity contribution in [3.8, 4) is 34.3 Å². The number of aromatic amines is 1. The summed E-state index contributed by atoms with van der Waals surface area (Å²) in [5.41, 5.74) is 3.39. The number of H-pyrrole nitrogens is 1. The van der Waals surface area contributed by atoms with Crippen LogP contribution in [-0.4, -0.2) is 51.9 Å². The van der Waals surface area contributed by atoms with E-state index in [4.69, 9.17) is 14.0 Å². The van der Waals surface area contributed by atoms with Gasteiger partial charge in [0.15, 0.2) is 17.3 Å². The zero-order valence-electron chi connectivity index (χ0n) is 19.2. The Balaban J connectivity index is 1.31. The number of aromatic nitrogens is 4. The number of methoxy groups -OCH3 is 2. The average Bonchev–Trinajstić information content (AvgIpc) is 3.63. The van der Waals surface area contributed by atoms with Gasteiger partial charge in [0.1, 0.15) is 5.69 Å². The van der Waals surface area contributed by atoms with Crippen LogP contribution in [0.25, 0.3) is 22.8 Å². The predicted molar refractivity (Wildman–Crippen MR) is 124 cm³/mol. The molecule has 1 saturated heterocycles. The summed E-state index contributed by atoms with van der Waals surface area (Å²) in [6.07, 6.45) is 0.328. The molecule has 2 aromatic carbocycles. The van der Waals surface area contributed by atoms with E-state index in [0.29, 0.717) is 41.9 Å². The highest BCUT2D eigenvalue weighted by molar-refractivity contribution is 5.80. The summed E-state index contributed by atoms with van der Waals surface area (Å²) < 4.78 is 16.2. The molecule has 2 aromatic heterocycles. The summed E-state index contributed by atoms with van der Waals surface area (Å²) in [6, 6.07) is 17.3. The molecular formula is C25H25N5O4. The Labute approximate surface area is 196 Å². The third-order valence-electron chi connectivity index (χ3n) is 6.20. The Morgan fingerprint density at radius 2 is 1.88 bits per heavy atom. The Morgan fingerprint density at radius 3 is 2.65 bits per heavy atom. The molecule has 0 saturated carbocycles. The van der Waals surface area contributed by atoms with Crippen molar-refractivity contribution in [1.82, 2.24) is 25.2 Å². The predicted octanol–water partition coefficient (Wildman–Crippen LogP) is 4.22. The lowest BCUT2D eigenvalue weighted by atomic mass is 10.1. The molecule has 1 aliphatic heterocycles. The molecule has 34 heavy (non-hydrogen) atoms. The van der Waals surface area contributed by atoms with Crippen LogP contribution in [0.4, 0.5) is 0 Å². The van der Waals surface area contributed by atoms with Gasteiger partial charge in [-0.05, 0) is 30.7 Å². The highest BCUT2D eigenvalue weighted by Crippen LogP contribution is 2.36. The van der Waals surface area contributed by atoms with E-state index in [1.165, 1.54) is 0 Å². The van der Waals surface area contributed by atoms with Gasteiger partial charge in [0.2, 0.25) is 5.91 Å². The molecule has 5 rings (SSSR count). The lowest BCUT2D eigenvalue weighted by Gasteiger charge is -2.25. The van der Waals surface area contributed by atoms with Crippen LogP contribution >= 0.6 is 0 Å². The molecule has 9 nitrogen and oxygen atoms in total. The van der Waals surface area contributed by atoms with E-state index in [1.54, 1.807) is 14.2 Å². The fourth-order valence-electron chi connectivity index (χ4n) is 4.27. The van der Waals surface area contributed by atoms with Gasteiger partial charge in [0, 0.05) is 24.4 Å². The van der Waals surface area contributed by atoms with Crippen molar-refractivity contribution in [2.45, 2.75) is 25.3 Å². The number of hydrogen-bond acceptors (Lipinski definition) is 7. The summed E-state index contributed by atoms with van der Waals surface area (Å²) in [7, 11) is 3.19. The first kappa shape index (κ1) is 21.7. The molecule has 9 heteroatoms. The maximum Gasteiger partial charge on any atom is 0.275 e. The Kier molecular flexibility index (Phi) is 5.75. The second-order valence-corrected chi connectivity index (χ2v) is 8.23. The zero-order chi connectivity index (χ0) is 23.7. The quantitative estimate of drug-likeness (QED) is 0.441. The van der Waals surface area contributed by atoms with Gasteiger partial charge in [-0.15, -0.1) is 0 Å². The van der Waals surface area contributed by atoms with E-state index in [2.05, 4.69) is 20.3 Å². The van der Waals surface area contributed by atoms with Gasteiger partial charge in [0.25, 0.3) is 5.89 Å². The van der Waals surface area contributed by atoms with E-state index in [9.17, 15) is 4.79 Å². The Bertz CT molecular complexity index is 1300. The number of nitrogens with one attached hydrogen (secondary N) is 1. The van der Waals surface area contributed by atoms with Crippen LogP contribution in [-0.2, 0) is 4.79 Å². The molecule has 4 aromatic rings. The molecule has 0 bridgehead atoms. The first-order chi connectivity index (χ1) is 16.6. The van der Waals surface area contributed by atoms with Gasteiger partial charge in [-0.3, -0.25) is 9.89 Å². The number of benzene rings is 2. The fourth-order valence-corrected chi connectivity index (χ4v) is 4.27. The van der Waals surface area contributed by atoms with Crippen molar-refractivity contribution in [2.24, 2.45) is 0 Å². The maximum atomic E-state index is 12.9. The second kappa shape index (κ2) is 9.01. The Hall–Kier alpha value is -4.14. The van der Waals surface area contributed by atoms with Gasteiger partial charge in [-0.2, -0.15) is 10.1 Å². The second-order valence-electron chi connectivity index (χ2n) is 8.23. The maximum absolute atomic E-state index is 12.9. The van der Waals surface area contributed by atoms with Crippen LogP contribution in [0.1, 0.15) is 36.7 Å². The first-order valence-electron chi connectivity index (χ1n) is 11.0. The summed E-state index contributed by atoms with van der Waals surface area (Å²) in [5.74, 6) is 2.05. The summed E-state index contributed by atoms with van der Waals surface area (Å²) in [5, 5.41) is 11.5. The van der Waals surface area contributed by atoms with Crippen LogP contribution in [0.15, 0.2) is 59.1 Å². The lowest BCUT2D eigenvalue weighted by Crippen LogP contribution is -2.28. The van der Waals surface area contributed by atoms with Crippen molar-refractivity contribution >= 4 is 5.91 Å². The van der Waals surface area contributed by atoms with E-state index in [0.717, 1.165) is 16.8 Å². The van der Waals surface area contributed by atoms with E-state index in [-0.39, 0.29) is 17.9 Å². The number of nitrogens with zero attached hydrogens (tertiary/aromatic N) is 4. The molecule has 2 unspecified atom stereocenters. The van der Waals surface area contributed by atoms with Crippen LogP contribution in [0.5, 0.6) is 11.5 Å². The summed E-state index contributed by atoms with van der Waals surface area (Å²) in [4.78, 5) is 19.3. The van der Waals surface area contributed by atoms with Gasteiger partial charge >= 0.3 is 0 Å². The molecule has 1 aliphatic rings. The van der Waals surface area contributed by atoms with Crippen molar-refractivity contribution in [2.75, 3.05) is 20.8 Å². The minimum absolute atomic E-state index is 0.0477. The Morgan fingerprint density at radius 1 is 1.09 bits per heavy atom. The molecule has 2 atom stereocenters. The first-order valence-corrected chi connectivity index (χ1v) is 11.0. The molecule has 3 heterocycles. The lowest BCUT2D eigenvalue weighted by molar-refractivity contribution is -0.129. The minimum atomic E-state index is -0.149. The number of ether oxygens (including phenoxy) is 2. The normalized spacial score (nSPS) is 16.6. The number of amides is 1. The number of hydrogen-bond donors (Lipinski definition) is 1. The van der Waals surface area contributed by atoms with Crippen molar-refractivity contribution in [3.63, 3.8) is 0 Å². The third kappa shape index (κ3) is 4.00. The van der Waals surface area contributed by atoms with Gasteiger partial charge in [-0.25, -0.2) is 0 Å². The molecule has 0 radical (unpaired) electrons. The summed E-state index contributed by atoms with van der Waals surface area (Å²) >= 11 is 0. The highest BCUT2D eigenvalue weighted by atomic mass is 16.5. The number of carbonyl (C=O) groups excluding carboxylic acids is 1. The van der Waals surface area contributed by atoms with Crippen molar-refractivity contribution < 1.29 is 18.8 Å². The monoisotopic (exact) mass is 459 g/mol. The van der Waals surface area contributed by atoms with Crippen LogP contribution in [0.3, 0.4) is 0 Å². The van der Waals surface area contributed by atoms with Gasteiger partial charge in [-0.1, -0.05) is 41.6 Å². The van der Waals surface area contributed by atoms with Gasteiger partial charge in [0.05, 0.1) is 26.0 Å². The van der Waals surface area contributed by atoms with Crippen LogP contribution in [0, 0.1) is 0 Å². The van der Waals surface area contributed by atoms with E-state index in [1.807, 2.05) is 66.4 Å². The molecule has 1 fully saturated rings. The molecule has 1 amide bonds. The molecule has 0 aliphatic carbocycles. The number of rotatable bonds is 7. The number of carbonyl (C=O) groups is 1. The number of likely N-dealkylation sites (tertiary alicyclic amines) is 1. The highest BCUT2D eigenvalue weighted by Gasteiger charge is 2.37. The molecule has 0 spiro atoms. The van der Waals surface area contributed by atoms with Crippen LogP contribution < -0.4 is 9.47 Å². The van der Waals surface area contributed by atoms with Crippen molar-refractivity contribution in [3.05, 3.63) is 66.0 Å². The van der Waals surface area contributed by atoms with Crippen molar-refractivity contribution in [1.29, 1.82) is 0 Å². The smallest absolute Gasteiger partial charge is 0.275 e. The summed E-state index contributed by atoms with van der Waals surface area (Å²) in [6.45, 7) is 2.50. The molecular weight excluding hydrogens is 434 g/mol. The SMILES string of the molecule is COc1ccc(C(C)N2CC(c3noc(-c4cc(-c5ccccc5)n[nH]4)n3)CC2=O)cc1OC. The standard InChI is InChI=1S/C25H25N5O4/c1-15(17-9-10-21(32-2)22(11-17)33-3)30-14-18(12-23(30)31)24-26-25(34-29-24)20-13-19(27-28-20)16-7-5-4-6-8-16/h4-11,13,15,18H,12,14H2,1-3H3,(H,27,28). The average molecular weight is 460 g/mol. The van der Waals surface area contributed by atoms with Gasteiger partial charge < -0.3 is 18.9 Å².